The minimum Gasteiger partial charge on any atom is -0.324 e. The van der Waals surface area contributed by atoms with E-state index >= 15 is 0 Å². The highest BCUT2D eigenvalue weighted by Gasteiger charge is 2.15. The summed E-state index contributed by atoms with van der Waals surface area (Å²) < 4.78 is 0. The molecule has 4 aromatic rings. The van der Waals surface area contributed by atoms with Crippen LogP contribution in [0.1, 0.15) is 25.1 Å². The van der Waals surface area contributed by atoms with E-state index in [9.17, 15) is 4.79 Å². The minimum atomic E-state index is -0.174. The summed E-state index contributed by atoms with van der Waals surface area (Å²) in [5.41, 5.74) is 3.54. The first-order chi connectivity index (χ1) is 15.4. The molecular formula is C24H25Cl2N5O. The van der Waals surface area contributed by atoms with Crippen molar-refractivity contribution < 1.29 is 0 Å². The molecule has 0 fully saturated rings. The molecule has 166 valence electrons. The van der Waals surface area contributed by atoms with Crippen molar-refractivity contribution in [1.29, 1.82) is 0 Å². The van der Waals surface area contributed by atoms with Gasteiger partial charge in [-0.25, -0.2) is 4.98 Å². The van der Waals surface area contributed by atoms with Gasteiger partial charge in [0, 0.05) is 12.2 Å². The van der Waals surface area contributed by atoms with Crippen LogP contribution in [0.15, 0.2) is 41.2 Å². The number of anilines is 2. The molecule has 32 heavy (non-hydrogen) atoms. The number of halogens is 2. The first-order valence-electron chi connectivity index (χ1n) is 10.6. The van der Waals surface area contributed by atoms with Crippen LogP contribution >= 0.6 is 23.2 Å². The molecule has 2 aromatic heterocycles. The average molecular weight is 470 g/mol. The molecule has 0 atom stereocenters. The van der Waals surface area contributed by atoms with Crippen molar-refractivity contribution >= 4 is 62.7 Å². The van der Waals surface area contributed by atoms with E-state index in [1.165, 1.54) is 0 Å². The summed E-state index contributed by atoms with van der Waals surface area (Å²) in [5.74, 6) is 0.461. The normalized spacial score (nSPS) is 11.9. The molecule has 2 heterocycles. The maximum atomic E-state index is 13.0. The highest BCUT2D eigenvalue weighted by atomic mass is 35.5. The molecule has 0 radical (unpaired) electrons. The van der Waals surface area contributed by atoms with E-state index in [-0.39, 0.29) is 5.56 Å². The van der Waals surface area contributed by atoms with Crippen LogP contribution in [0.3, 0.4) is 0 Å². The number of pyridine rings is 1. The summed E-state index contributed by atoms with van der Waals surface area (Å²) in [4.78, 5) is 26.2. The summed E-state index contributed by atoms with van der Waals surface area (Å²) in [7, 11) is 0. The number of nitrogens with one attached hydrogen (secondary N) is 3. The van der Waals surface area contributed by atoms with Gasteiger partial charge in [-0.15, -0.1) is 0 Å². The van der Waals surface area contributed by atoms with Gasteiger partial charge in [0.1, 0.15) is 5.52 Å². The van der Waals surface area contributed by atoms with Gasteiger partial charge in [0.25, 0.3) is 5.56 Å². The number of imidazole rings is 1. The Kier molecular flexibility index (Phi) is 6.55. The number of benzene rings is 2. The predicted octanol–water partition coefficient (Wildman–Crippen LogP) is 6.12. The van der Waals surface area contributed by atoms with Crippen LogP contribution in [-0.4, -0.2) is 39.5 Å². The molecule has 6 nitrogen and oxygen atoms in total. The lowest BCUT2D eigenvalue weighted by molar-refractivity contribution is 0.338. The van der Waals surface area contributed by atoms with Crippen molar-refractivity contribution in [1.82, 2.24) is 19.9 Å². The van der Waals surface area contributed by atoms with Crippen molar-refractivity contribution in [2.75, 3.05) is 25.0 Å². The van der Waals surface area contributed by atoms with Crippen LogP contribution < -0.4 is 10.9 Å². The second kappa shape index (κ2) is 9.36. The monoisotopic (exact) mass is 469 g/mol. The molecule has 0 spiro atoms. The second-order valence-corrected chi connectivity index (χ2v) is 8.39. The molecule has 0 amide bonds. The molecule has 0 aliphatic rings. The van der Waals surface area contributed by atoms with E-state index in [2.05, 4.69) is 45.1 Å². The molecule has 0 saturated carbocycles. The molecular weight excluding hydrogens is 445 g/mol. The fraction of sp³-hybridized carbons (Fsp3) is 0.250. The topological polar surface area (TPSA) is 76.8 Å². The maximum Gasteiger partial charge on any atom is 0.258 e. The Bertz CT molecular complexity index is 1350. The van der Waals surface area contributed by atoms with Gasteiger partial charge >= 0.3 is 0 Å². The summed E-state index contributed by atoms with van der Waals surface area (Å²) in [6.45, 7) is 9.10. The van der Waals surface area contributed by atoms with E-state index < -0.39 is 0 Å². The van der Waals surface area contributed by atoms with Gasteiger partial charge in [0.05, 0.1) is 26.6 Å². The van der Waals surface area contributed by atoms with Crippen molar-refractivity contribution in [3.8, 4) is 0 Å². The number of aromatic amines is 2. The first-order valence-corrected chi connectivity index (χ1v) is 11.3. The Balaban J connectivity index is 1.75. The molecule has 4 rings (SSSR count). The zero-order chi connectivity index (χ0) is 22.8. The molecule has 0 aliphatic carbocycles. The van der Waals surface area contributed by atoms with Crippen molar-refractivity contribution in [3.05, 3.63) is 68.1 Å². The van der Waals surface area contributed by atoms with Crippen LogP contribution in [0.5, 0.6) is 0 Å². The summed E-state index contributed by atoms with van der Waals surface area (Å²) in [6.07, 6.45) is 4.06. The molecule has 3 N–H and O–H groups in total. The van der Waals surface area contributed by atoms with Crippen LogP contribution in [0, 0.1) is 6.92 Å². The van der Waals surface area contributed by atoms with E-state index in [0.29, 0.717) is 32.6 Å². The van der Waals surface area contributed by atoms with Crippen molar-refractivity contribution in [2.24, 2.45) is 0 Å². The van der Waals surface area contributed by atoms with Gasteiger partial charge < -0.3 is 20.2 Å². The van der Waals surface area contributed by atoms with E-state index in [4.69, 9.17) is 23.2 Å². The van der Waals surface area contributed by atoms with Crippen molar-refractivity contribution in [2.45, 2.75) is 20.8 Å². The number of H-pyrrole nitrogens is 2. The zero-order valence-corrected chi connectivity index (χ0v) is 19.7. The number of aromatic nitrogens is 3. The minimum absolute atomic E-state index is 0.174. The highest BCUT2D eigenvalue weighted by Crippen LogP contribution is 2.33. The molecule has 0 bridgehead atoms. The van der Waals surface area contributed by atoms with Crippen LogP contribution in [0.25, 0.3) is 27.9 Å². The quantitative estimate of drug-likeness (QED) is 0.304. The zero-order valence-electron chi connectivity index (χ0n) is 18.2. The smallest absolute Gasteiger partial charge is 0.258 e. The fourth-order valence-electron chi connectivity index (χ4n) is 3.80. The van der Waals surface area contributed by atoms with Crippen LogP contribution in [-0.2, 0) is 0 Å². The number of fused-ring (bicyclic) bond motifs is 3. The lowest BCUT2D eigenvalue weighted by atomic mass is 10.0. The number of hydrogen-bond acceptors (Lipinski definition) is 4. The Morgan fingerprint density at radius 2 is 1.81 bits per heavy atom. The van der Waals surface area contributed by atoms with E-state index in [1.807, 2.05) is 25.1 Å². The summed E-state index contributed by atoms with van der Waals surface area (Å²) in [5, 5.41) is 5.52. The maximum absolute atomic E-state index is 13.0. The number of para-hydroxylation sites is 1. The molecule has 0 saturated heterocycles. The predicted molar refractivity (Wildman–Crippen MR) is 136 cm³/mol. The van der Waals surface area contributed by atoms with Gasteiger partial charge in [-0.2, -0.15) is 0 Å². The average Bonchev–Trinajstić information content (AvgIpc) is 3.19. The molecule has 8 heteroatoms. The standard InChI is InChI=1S/C24H25Cl2N5O/c1-4-31(5-2)13-7-10-18-14(3)15-11-12-19-22(20(15)23(32)27-18)30-24(28-19)29-21-16(25)8-6-9-17(21)26/h6-12H,4-5,13H2,1-3H3,(H,27,32)(H2,28,29,30)/b10-7+. The summed E-state index contributed by atoms with van der Waals surface area (Å²) in [6, 6.07) is 9.15. The van der Waals surface area contributed by atoms with Crippen molar-refractivity contribution in [3.63, 3.8) is 0 Å². The van der Waals surface area contributed by atoms with Gasteiger partial charge in [0.2, 0.25) is 5.95 Å². The van der Waals surface area contributed by atoms with Gasteiger partial charge in [-0.3, -0.25) is 4.79 Å². The number of hydrogen-bond donors (Lipinski definition) is 3. The number of rotatable bonds is 7. The SMILES string of the molecule is CCN(CC)C/C=C/c1[nH]c(=O)c2c(ccc3[nH]c(Nc4c(Cl)cccc4Cl)nc32)c1C. The first kappa shape index (κ1) is 22.4. The Morgan fingerprint density at radius 3 is 2.50 bits per heavy atom. The highest BCUT2D eigenvalue weighted by molar-refractivity contribution is 6.39. The van der Waals surface area contributed by atoms with Gasteiger partial charge in [0.15, 0.2) is 0 Å². The fourth-order valence-corrected chi connectivity index (χ4v) is 4.30. The van der Waals surface area contributed by atoms with E-state index in [1.54, 1.807) is 18.2 Å². The third kappa shape index (κ3) is 4.26. The molecule has 0 unspecified atom stereocenters. The summed E-state index contributed by atoms with van der Waals surface area (Å²) >= 11 is 12.5. The van der Waals surface area contributed by atoms with Crippen LogP contribution in [0.4, 0.5) is 11.6 Å². The van der Waals surface area contributed by atoms with Crippen LogP contribution in [0.2, 0.25) is 10.0 Å². The Labute approximate surface area is 196 Å². The number of nitrogens with zero attached hydrogens (tertiary/aromatic N) is 2. The second-order valence-electron chi connectivity index (χ2n) is 7.57. The van der Waals surface area contributed by atoms with Gasteiger partial charge in [-0.1, -0.05) is 55.3 Å². The molecule has 0 aliphatic heterocycles. The van der Waals surface area contributed by atoms with E-state index in [0.717, 1.165) is 41.8 Å². The number of likely N-dealkylation sites (N-methyl/N-ethyl adjacent to an activating group) is 1. The largest absolute Gasteiger partial charge is 0.324 e. The lowest BCUT2D eigenvalue weighted by Gasteiger charge is -2.15. The lowest BCUT2D eigenvalue weighted by Crippen LogP contribution is -2.22. The Morgan fingerprint density at radius 1 is 1.09 bits per heavy atom. The molecule has 2 aromatic carbocycles. The third-order valence-electron chi connectivity index (χ3n) is 5.69. The van der Waals surface area contributed by atoms with Gasteiger partial charge in [-0.05, 0) is 55.2 Å². The Hall–Kier alpha value is -2.80. The third-order valence-corrected chi connectivity index (χ3v) is 6.32. The number of aryl methyl sites for hydroxylation is 1.